The van der Waals surface area contributed by atoms with Crippen LogP contribution in [0.4, 0.5) is 10.5 Å². The Hall–Kier alpha value is -3.38. The van der Waals surface area contributed by atoms with Crippen LogP contribution in [0.1, 0.15) is 33.2 Å². The molecule has 0 saturated carbocycles. The molecule has 3 rings (SSSR count). The molecule has 2 N–H and O–H groups in total. The van der Waals surface area contributed by atoms with Crippen LogP contribution in [0.15, 0.2) is 66.9 Å². The molecule has 0 bridgehead atoms. The lowest BCUT2D eigenvalue weighted by Crippen LogP contribution is -2.34. The minimum Gasteiger partial charge on any atom is -0.465 e. The van der Waals surface area contributed by atoms with Crippen molar-refractivity contribution >= 4 is 29.3 Å². The van der Waals surface area contributed by atoms with Gasteiger partial charge >= 0.3 is 12.0 Å². The van der Waals surface area contributed by atoms with E-state index in [1.54, 1.807) is 12.3 Å². The fourth-order valence-electron chi connectivity index (χ4n) is 2.97. The lowest BCUT2D eigenvalue weighted by atomic mass is 10.0. The molecule has 0 aliphatic carbocycles. The summed E-state index contributed by atoms with van der Waals surface area (Å²) in [6, 6.07) is 17.6. The number of carbonyl (C=O) groups is 2. The fraction of sp³-hybridized carbons (Fsp3) is 0.174. The maximum Gasteiger partial charge on any atom is 0.339 e. The summed E-state index contributed by atoms with van der Waals surface area (Å²) in [7, 11) is 1.27. The van der Waals surface area contributed by atoms with Crippen LogP contribution in [0.3, 0.4) is 0 Å². The van der Waals surface area contributed by atoms with Crippen molar-refractivity contribution in [3.05, 3.63) is 94.3 Å². The number of rotatable bonds is 6. The van der Waals surface area contributed by atoms with Crippen LogP contribution in [0.2, 0.25) is 5.02 Å². The molecule has 0 fully saturated rings. The van der Waals surface area contributed by atoms with Crippen LogP contribution in [0.25, 0.3) is 0 Å². The second-order valence-electron chi connectivity index (χ2n) is 6.78. The number of hydrogen-bond acceptors (Lipinski definition) is 4. The number of hydrogen-bond donors (Lipinski definition) is 2. The standard InChI is InChI=1S/C23H22ClN3O3/c1-15-6-8-16(9-7-15)13-21(20-5-3-4-12-25-20)27-23(29)26-17-10-11-19(24)18(14-17)22(28)30-2/h3-12,14,21H,13H2,1-2H3,(H2,26,27,29). The lowest BCUT2D eigenvalue weighted by Gasteiger charge is -2.19. The molecule has 0 spiro atoms. The number of ether oxygens (including phenoxy) is 1. The number of halogens is 1. The van der Waals surface area contributed by atoms with Gasteiger partial charge in [0.25, 0.3) is 0 Å². The minimum absolute atomic E-state index is 0.179. The van der Waals surface area contributed by atoms with E-state index < -0.39 is 12.0 Å². The molecule has 2 aromatic carbocycles. The Balaban J connectivity index is 1.76. The van der Waals surface area contributed by atoms with E-state index >= 15 is 0 Å². The number of nitrogens with one attached hydrogen (secondary N) is 2. The van der Waals surface area contributed by atoms with Gasteiger partial charge in [0.1, 0.15) is 0 Å². The molecule has 154 valence electrons. The number of aromatic nitrogens is 1. The van der Waals surface area contributed by atoms with E-state index in [9.17, 15) is 9.59 Å². The van der Waals surface area contributed by atoms with E-state index in [1.807, 2.05) is 49.4 Å². The molecule has 30 heavy (non-hydrogen) atoms. The monoisotopic (exact) mass is 423 g/mol. The predicted octanol–water partition coefficient (Wildman–Crippen LogP) is 4.94. The average Bonchev–Trinajstić information content (AvgIpc) is 2.76. The van der Waals surface area contributed by atoms with E-state index in [-0.39, 0.29) is 16.6 Å². The normalized spacial score (nSPS) is 11.4. The maximum atomic E-state index is 12.7. The van der Waals surface area contributed by atoms with E-state index in [0.29, 0.717) is 12.1 Å². The zero-order valence-corrected chi connectivity index (χ0v) is 17.4. The highest BCUT2D eigenvalue weighted by Crippen LogP contribution is 2.22. The Bertz CT molecular complexity index is 1020. The number of amides is 2. The first-order valence-electron chi connectivity index (χ1n) is 9.38. The summed E-state index contributed by atoms with van der Waals surface area (Å²) < 4.78 is 4.71. The molecular formula is C23H22ClN3O3. The van der Waals surface area contributed by atoms with Crippen molar-refractivity contribution in [2.45, 2.75) is 19.4 Å². The SMILES string of the molecule is COC(=O)c1cc(NC(=O)NC(Cc2ccc(C)cc2)c2ccccn2)ccc1Cl. The second kappa shape index (κ2) is 9.89. The summed E-state index contributed by atoms with van der Waals surface area (Å²) in [5.74, 6) is -0.574. The number of pyridine rings is 1. The second-order valence-corrected chi connectivity index (χ2v) is 7.19. The van der Waals surface area contributed by atoms with Gasteiger partial charge in [0.05, 0.1) is 29.4 Å². The maximum absolute atomic E-state index is 12.7. The Morgan fingerprint density at radius 1 is 1.10 bits per heavy atom. The summed E-state index contributed by atoms with van der Waals surface area (Å²) in [6.07, 6.45) is 2.28. The number of urea groups is 1. The van der Waals surface area contributed by atoms with Gasteiger partial charge < -0.3 is 15.4 Å². The smallest absolute Gasteiger partial charge is 0.339 e. The highest BCUT2D eigenvalue weighted by molar-refractivity contribution is 6.33. The van der Waals surface area contributed by atoms with Gasteiger partial charge in [-0.05, 0) is 49.2 Å². The van der Waals surface area contributed by atoms with Gasteiger partial charge in [0.15, 0.2) is 0 Å². The topological polar surface area (TPSA) is 80.3 Å². The van der Waals surface area contributed by atoms with Gasteiger partial charge in [0.2, 0.25) is 0 Å². The summed E-state index contributed by atoms with van der Waals surface area (Å²) in [6.45, 7) is 2.03. The van der Waals surface area contributed by atoms with Crippen molar-refractivity contribution in [3.63, 3.8) is 0 Å². The van der Waals surface area contributed by atoms with Gasteiger partial charge in [-0.3, -0.25) is 4.98 Å². The number of benzene rings is 2. The number of carbonyl (C=O) groups excluding carboxylic acids is 2. The van der Waals surface area contributed by atoms with Gasteiger partial charge in [-0.15, -0.1) is 0 Å². The first-order chi connectivity index (χ1) is 14.5. The third-order valence-electron chi connectivity index (χ3n) is 4.54. The molecule has 1 atom stereocenters. The number of nitrogens with zero attached hydrogens (tertiary/aromatic N) is 1. The molecule has 1 aromatic heterocycles. The van der Waals surface area contributed by atoms with E-state index in [2.05, 4.69) is 15.6 Å². The van der Waals surface area contributed by atoms with Crippen molar-refractivity contribution in [2.24, 2.45) is 0 Å². The predicted molar refractivity (Wildman–Crippen MR) is 117 cm³/mol. The Morgan fingerprint density at radius 3 is 2.53 bits per heavy atom. The molecule has 1 heterocycles. The number of aryl methyl sites for hydroxylation is 1. The molecule has 0 aliphatic heterocycles. The van der Waals surface area contributed by atoms with Crippen LogP contribution >= 0.6 is 11.6 Å². The van der Waals surface area contributed by atoms with Gasteiger partial charge in [-0.2, -0.15) is 0 Å². The summed E-state index contributed by atoms with van der Waals surface area (Å²) in [5.41, 5.74) is 3.60. The molecule has 3 aromatic rings. The largest absolute Gasteiger partial charge is 0.465 e. The fourth-order valence-corrected chi connectivity index (χ4v) is 3.16. The molecule has 0 radical (unpaired) electrons. The summed E-state index contributed by atoms with van der Waals surface area (Å²) in [4.78, 5) is 28.9. The van der Waals surface area contributed by atoms with E-state index in [4.69, 9.17) is 16.3 Å². The van der Waals surface area contributed by atoms with Crippen molar-refractivity contribution in [1.29, 1.82) is 0 Å². The average molecular weight is 424 g/mol. The van der Waals surface area contributed by atoms with Crippen LogP contribution in [-0.2, 0) is 11.2 Å². The first-order valence-corrected chi connectivity index (χ1v) is 9.76. The third kappa shape index (κ3) is 5.58. The van der Waals surface area contributed by atoms with Crippen molar-refractivity contribution < 1.29 is 14.3 Å². The number of esters is 1. The minimum atomic E-state index is -0.574. The van der Waals surface area contributed by atoms with Crippen LogP contribution in [-0.4, -0.2) is 24.1 Å². The first kappa shape index (κ1) is 21.3. The van der Waals surface area contributed by atoms with E-state index in [1.165, 1.54) is 24.8 Å². The van der Waals surface area contributed by atoms with Gasteiger partial charge in [-0.25, -0.2) is 9.59 Å². The van der Waals surface area contributed by atoms with Gasteiger partial charge in [-0.1, -0.05) is 47.5 Å². The van der Waals surface area contributed by atoms with Crippen molar-refractivity contribution in [2.75, 3.05) is 12.4 Å². The molecule has 7 heteroatoms. The van der Waals surface area contributed by atoms with Crippen LogP contribution < -0.4 is 10.6 Å². The van der Waals surface area contributed by atoms with Crippen molar-refractivity contribution in [1.82, 2.24) is 10.3 Å². The number of anilines is 1. The molecule has 0 aliphatic rings. The third-order valence-corrected chi connectivity index (χ3v) is 4.87. The molecule has 2 amide bonds. The van der Waals surface area contributed by atoms with E-state index in [0.717, 1.165) is 11.3 Å². The molecular weight excluding hydrogens is 402 g/mol. The highest BCUT2D eigenvalue weighted by atomic mass is 35.5. The van der Waals surface area contributed by atoms with Crippen molar-refractivity contribution in [3.8, 4) is 0 Å². The summed E-state index contributed by atoms with van der Waals surface area (Å²) in [5, 5.41) is 5.95. The number of methoxy groups -OCH3 is 1. The zero-order chi connectivity index (χ0) is 21.5. The molecule has 1 unspecified atom stereocenters. The quantitative estimate of drug-likeness (QED) is 0.550. The van der Waals surface area contributed by atoms with Crippen LogP contribution in [0, 0.1) is 6.92 Å². The Kier molecular flexibility index (Phi) is 7.03. The highest BCUT2D eigenvalue weighted by Gasteiger charge is 2.18. The summed E-state index contributed by atoms with van der Waals surface area (Å²) >= 11 is 6.03. The lowest BCUT2D eigenvalue weighted by molar-refractivity contribution is 0.0601. The van der Waals surface area contributed by atoms with Crippen LogP contribution in [0.5, 0.6) is 0 Å². The Labute approximate surface area is 180 Å². The Morgan fingerprint density at radius 2 is 1.87 bits per heavy atom. The zero-order valence-electron chi connectivity index (χ0n) is 16.7. The van der Waals surface area contributed by atoms with Gasteiger partial charge in [0, 0.05) is 11.9 Å². The molecule has 0 saturated heterocycles. The molecule has 6 nitrogen and oxygen atoms in total.